The third kappa shape index (κ3) is 2.43. The highest BCUT2D eigenvalue weighted by molar-refractivity contribution is 5.99. The van der Waals surface area contributed by atoms with Gasteiger partial charge in [0.25, 0.3) is 0 Å². The Kier molecular flexibility index (Phi) is 3.41. The van der Waals surface area contributed by atoms with Crippen LogP contribution in [0.1, 0.15) is 24.0 Å². The zero-order chi connectivity index (χ0) is 16.0. The zero-order valence-corrected chi connectivity index (χ0v) is 13.1. The highest BCUT2D eigenvalue weighted by Gasteiger charge is 2.30. The summed E-state index contributed by atoms with van der Waals surface area (Å²) in [6.07, 6.45) is 3.13. The molecule has 1 aromatic rings. The number of benzene rings is 1. The number of hydrogen-bond donors (Lipinski definition) is 1. The number of nitrogens with zero attached hydrogens (tertiary/aromatic N) is 2. The van der Waals surface area contributed by atoms with Gasteiger partial charge in [0.05, 0.1) is 0 Å². The van der Waals surface area contributed by atoms with Gasteiger partial charge in [-0.15, -0.1) is 0 Å². The number of carbonyl (C=O) groups is 1. The van der Waals surface area contributed by atoms with Gasteiger partial charge in [0.2, 0.25) is 6.79 Å². The summed E-state index contributed by atoms with van der Waals surface area (Å²) in [5, 5.41) is 9.06. The second kappa shape index (κ2) is 5.45. The average molecular weight is 316 g/mol. The Morgan fingerprint density at radius 2 is 2.13 bits per heavy atom. The van der Waals surface area contributed by atoms with E-state index >= 15 is 0 Å². The lowest BCUT2D eigenvalue weighted by Gasteiger charge is -2.37. The number of piperidine rings is 1. The first-order valence-electron chi connectivity index (χ1n) is 7.95. The van der Waals surface area contributed by atoms with Crippen molar-refractivity contribution in [3.05, 3.63) is 23.3 Å². The molecule has 1 aliphatic carbocycles. The van der Waals surface area contributed by atoms with Crippen molar-refractivity contribution in [2.24, 2.45) is 0 Å². The minimum Gasteiger partial charge on any atom is -0.465 e. The lowest BCUT2D eigenvalue weighted by Crippen LogP contribution is -2.45. The van der Waals surface area contributed by atoms with E-state index in [9.17, 15) is 4.79 Å². The number of amides is 1. The van der Waals surface area contributed by atoms with Crippen LogP contribution >= 0.6 is 0 Å². The quantitative estimate of drug-likeness (QED) is 0.927. The van der Waals surface area contributed by atoms with Gasteiger partial charge in [-0.3, -0.25) is 4.90 Å². The molecule has 4 rings (SSSR count). The fraction of sp³-hybridized carbons (Fsp3) is 0.471. The van der Waals surface area contributed by atoms with E-state index in [2.05, 4.69) is 17.0 Å². The maximum atomic E-state index is 11.0. The van der Waals surface area contributed by atoms with Crippen molar-refractivity contribution in [3.63, 3.8) is 0 Å². The van der Waals surface area contributed by atoms with Gasteiger partial charge in [-0.25, -0.2) is 4.79 Å². The second-order valence-corrected chi connectivity index (χ2v) is 6.33. The predicted octanol–water partition coefficient (Wildman–Crippen LogP) is 2.34. The third-order valence-electron chi connectivity index (χ3n) is 5.04. The van der Waals surface area contributed by atoms with Gasteiger partial charge < -0.3 is 19.5 Å². The van der Waals surface area contributed by atoms with Crippen LogP contribution in [0, 0.1) is 0 Å². The molecular formula is C17H20N2O4. The van der Waals surface area contributed by atoms with Gasteiger partial charge in [-0.2, -0.15) is 0 Å². The van der Waals surface area contributed by atoms with Gasteiger partial charge in [-0.1, -0.05) is 6.07 Å². The summed E-state index contributed by atoms with van der Waals surface area (Å²) in [6.45, 7) is 3.08. The molecule has 2 aliphatic heterocycles. The van der Waals surface area contributed by atoms with E-state index < -0.39 is 6.09 Å². The molecule has 23 heavy (non-hydrogen) atoms. The van der Waals surface area contributed by atoms with E-state index in [4.69, 9.17) is 14.6 Å². The minimum atomic E-state index is -0.838. The molecule has 6 nitrogen and oxygen atoms in total. The molecule has 0 aromatic heterocycles. The van der Waals surface area contributed by atoms with E-state index in [1.807, 2.05) is 6.07 Å². The Balaban J connectivity index is 1.36. The second-order valence-electron chi connectivity index (χ2n) is 6.33. The Bertz CT molecular complexity index is 677. The van der Waals surface area contributed by atoms with Crippen LogP contribution < -0.4 is 9.47 Å². The van der Waals surface area contributed by atoms with E-state index in [0.29, 0.717) is 6.79 Å². The summed E-state index contributed by atoms with van der Waals surface area (Å²) in [4.78, 5) is 14.9. The normalized spacial score (nSPS) is 19.8. The first-order chi connectivity index (χ1) is 11.1. The molecule has 1 fully saturated rings. The summed E-state index contributed by atoms with van der Waals surface area (Å²) in [7, 11) is 1.66. The summed E-state index contributed by atoms with van der Waals surface area (Å²) < 4.78 is 10.9. The van der Waals surface area contributed by atoms with Gasteiger partial charge in [-0.05, 0) is 36.1 Å². The van der Waals surface area contributed by atoms with Gasteiger partial charge in [0.15, 0.2) is 11.5 Å². The molecule has 0 spiro atoms. The molecule has 0 unspecified atom stereocenters. The molecule has 1 amide bonds. The standard InChI is InChI=1S/C17H20N2O4/c1-18(17(20)21)12-4-6-19(7-5-12)9-11-8-14-13(11)2-3-15-16(14)23-10-22-15/h2-3,8,12H,4-7,9-10H2,1H3,(H,20,21). The molecule has 0 bridgehead atoms. The number of likely N-dealkylation sites (tertiary alicyclic amines) is 1. The molecule has 2 heterocycles. The van der Waals surface area contributed by atoms with Gasteiger partial charge >= 0.3 is 6.09 Å². The van der Waals surface area contributed by atoms with E-state index in [1.54, 1.807) is 7.05 Å². The SMILES string of the molecule is CN(C(=O)O)C1CCN(CC2=Cc3c2ccc2c3OCO2)CC1. The summed E-state index contributed by atoms with van der Waals surface area (Å²) in [5.41, 5.74) is 3.72. The van der Waals surface area contributed by atoms with Crippen molar-refractivity contribution >= 4 is 17.7 Å². The Labute approximate surface area is 134 Å². The molecule has 1 saturated heterocycles. The first-order valence-corrected chi connectivity index (χ1v) is 7.95. The van der Waals surface area contributed by atoms with Crippen LogP contribution in [0.4, 0.5) is 4.79 Å². The minimum absolute atomic E-state index is 0.139. The molecule has 0 saturated carbocycles. The summed E-state index contributed by atoms with van der Waals surface area (Å²) in [6, 6.07) is 4.21. The fourth-order valence-corrected chi connectivity index (χ4v) is 3.58. The average Bonchev–Trinajstić information content (AvgIpc) is 3.00. The third-order valence-corrected chi connectivity index (χ3v) is 5.04. The topological polar surface area (TPSA) is 62.2 Å². The number of rotatable bonds is 3. The van der Waals surface area contributed by atoms with Crippen molar-refractivity contribution in [3.8, 4) is 11.5 Å². The monoisotopic (exact) mass is 316 g/mol. The predicted molar refractivity (Wildman–Crippen MR) is 85.7 cm³/mol. The van der Waals surface area contributed by atoms with Crippen molar-refractivity contribution in [1.29, 1.82) is 0 Å². The van der Waals surface area contributed by atoms with E-state index in [0.717, 1.165) is 49.5 Å². The van der Waals surface area contributed by atoms with Crippen LogP contribution in [0.25, 0.3) is 11.6 Å². The molecule has 0 atom stereocenters. The Morgan fingerprint density at radius 1 is 1.35 bits per heavy atom. The maximum absolute atomic E-state index is 11.0. The lowest BCUT2D eigenvalue weighted by atomic mass is 9.86. The van der Waals surface area contributed by atoms with Gasteiger partial charge in [0, 0.05) is 38.3 Å². The van der Waals surface area contributed by atoms with Crippen LogP contribution in [0.15, 0.2) is 12.1 Å². The Hall–Kier alpha value is -2.21. The summed E-state index contributed by atoms with van der Waals surface area (Å²) in [5.74, 6) is 1.70. The highest BCUT2D eigenvalue weighted by atomic mass is 16.7. The first kappa shape index (κ1) is 14.4. The van der Waals surface area contributed by atoms with Crippen molar-refractivity contribution in [1.82, 2.24) is 9.80 Å². The maximum Gasteiger partial charge on any atom is 0.407 e. The van der Waals surface area contributed by atoms with E-state index in [1.165, 1.54) is 16.0 Å². The number of carboxylic acid groups (broad SMARTS) is 1. The fourth-order valence-electron chi connectivity index (χ4n) is 3.58. The molecule has 1 N–H and O–H groups in total. The Morgan fingerprint density at radius 3 is 2.87 bits per heavy atom. The molecular weight excluding hydrogens is 296 g/mol. The van der Waals surface area contributed by atoms with Crippen LogP contribution in [-0.4, -0.2) is 60.5 Å². The van der Waals surface area contributed by atoms with Crippen LogP contribution in [0.3, 0.4) is 0 Å². The number of ether oxygens (including phenoxy) is 2. The van der Waals surface area contributed by atoms with Crippen LogP contribution in [0.5, 0.6) is 11.5 Å². The largest absolute Gasteiger partial charge is 0.465 e. The summed E-state index contributed by atoms with van der Waals surface area (Å²) >= 11 is 0. The van der Waals surface area contributed by atoms with Gasteiger partial charge in [0.1, 0.15) is 0 Å². The highest BCUT2D eigenvalue weighted by Crippen LogP contribution is 2.46. The number of hydrogen-bond acceptors (Lipinski definition) is 4. The zero-order valence-electron chi connectivity index (χ0n) is 13.1. The molecule has 3 aliphatic rings. The van der Waals surface area contributed by atoms with Crippen LogP contribution in [0.2, 0.25) is 0 Å². The lowest BCUT2D eigenvalue weighted by molar-refractivity contribution is 0.109. The molecule has 122 valence electrons. The number of fused-ring (bicyclic) bond motifs is 3. The van der Waals surface area contributed by atoms with Crippen molar-refractivity contribution in [2.45, 2.75) is 18.9 Å². The smallest absolute Gasteiger partial charge is 0.407 e. The van der Waals surface area contributed by atoms with Crippen molar-refractivity contribution < 1.29 is 19.4 Å². The van der Waals surface area contributed by atoms with Crippen LogP contribution in [-0.2, 0) is 0 Å². The molecule has 0 radical (unpaired) electrons. The molecule has 6 heteroatoms. The van der Waals surface area contributed by atoms with E-state index in [-0.39, 0.29) is 6.04 Å². The molecule has 1 aromatic carbocycles. The van der Waals surface area contributed by atoms with Crippen molar-refractivity contribution in [2.75, 3.05) is 33.5 Å².